The van der Waals surface area contributed by atoms with Crippen LogP contribution in [-0.2, 0) is 18.7 Å². The second-order valence-corrected chi connectivity index (χ2v) is 5.76. The van der Waals surface area contributed by atoms with Crippen molar-refractivity contribution in [2.45, 2.75) is 45.4 Å². The van der Waals surface area contributed by atoms with Crippen molar-refractivity contribution in [1.29, 1.82) is 0 Å². The van der Waals surface area contributed by atoms with Gasteiger partial charge in [-0.15, -0.1) is 11.3 Å². The van der Waals surface area contributed by atoms with Gasteiger partial charge in [-0.1, -0.05) is 20.3 Å². The summed E-state index contributed by atoms with van der Waals surface area (Å²) in [6.45, 7) is 5.04. The summed E-state index contributed by atoms with van der Waals surface area (Å²) >= 11 is 3.76. The molecule has 0 atom stereocenters. The Morgan fingerprint density at radius 2 is 2.13 bits per heavy atom. The van der Waals surface area contributed by atoms with Gasteiger partial charge in [-0.25, -0.2) is 4.98 Å². The van der Waals surface area contributed by atoms with Crippen molar-refractivity contribution in [3.63, 3.8) is 0 Å². The SMILES string of the molecule is CCCSCc1nc(CCC)c(CN)s1. The van der Waals surface area contributed by atoms with Gasteiger partial charge in [0.2, 0.25) is 0 Å². The van der Waals surface area contributed by atoms with Crippen LogP contribution in [0.4, 0.5) is 0 Å². The predicted octanol–water partition coefficient (Wildman–Crippen LogP) is 3.20. The van der Waals surface area contributed by atoms with E-state index < -0.39 is 0 Å². The quantitative estimate of drug-likeness (QED) is 0.749. The van der Waals surface area contributed by atoms with E-state index >= 15 is 0 Å². The van der Waals surface area contributed by atoms with Crippen molar-refractivity contribution in [1.82, 2.24) is 4.98 Å². The van der Waals surface area contributed by atoms with Crippen molar-refractivity contribution >= 4 is 23.1 Å². The number of aryl methyl sites for hydroxylation is 1. The highest BCUT2D eigenvalue weighted by molar-refractivity contribution is 7.98. The van der Waals surface area contributed by atoms with E-state index in [-0.39, 0.29) is 0 Å². The first-order chi connectivity index (χ1) is 7.31. The minimum Gasteiger partial charge on any atom is -0.326 e. The summed E-state index contributed by atoms with van der Waals surface area (Å²) in [4.78, 5) is 5.94. The fourth-order valence-corrected chi connectivity index (χ4v) is 3.34. The fraction of sp³-hybridized carbons (Fsp3) is 0.727. The number of hydrogen-bond acceptors (Lipinski definition) is 4. The van der Waals surface area contributed by atoms with Crippen LogP contribution in [0, 0.1) is 0 Å². The van der Waals surface area contributed by atoms with Gasteiger partial charge in [0.05, 0.1) is 5.69 Å². The van der Waals surface area contributed by atoms with E-state index in [2.05, 4.69) is 18.8 Å². The van der Waals surface area contributed by atoms with Crippen LogP contribution in [0.5, 0.6) is 0 Å². The Morgan fingerprint density at radius 3 is 2.73 bits per heavy atom. The number of thioether (sulfide) groups is 1. The number of hydrogen-bond donors (Lipinski definition) is 1. The summed E-state index contributed by atoms with van der Waals surface area (Å²) in [6, 6.07) is 0. The van der Waals surface area contributed by atoms with Crippen LogP contribution in [0.1, 0.15) is 42.3 Å². The lowest BCUT2D eigenvalue weighted by Gasteiger charge is -1.95. The van der Waals surface area contributed by atoms with Gasteiger partial charge in [0.1, 0.15) is 5.01 Å². The standard InChI is InChI=1S/C11H20N2S2/c1-3-5-9-10(7-12)15-11(13-9)8-14-6-4-2/h3-8,12H2,1-2H3. The van der Waals surface area contributed by atoms with Crippen LogP contribution in [0.15, 0.2) is 0 Å². The first-order valence-electron chi connectivity index (χ1n) is 5.57. The molecule has 1 rings (SSSR count). The van der Waals surface area contributed by atoms with Gasteiger partial charge in [0, 0.05) is 17.2 Å². The van der Waals surface area contributed by atoms with E-state index in [4.69, 9.17) is 5.73 Å². The Balaban J connectivity index is 2.57. The summed E-state index contributed by atoms with van der Waals surface area (Å²) in [5, 5.41) is 1.25. The lowest BCUT2D eigenvalue weighted by atomic mass is 10.2. The molecule has 0 aliphatic carbocycles. The Bertz CT molecular complexity index is 284. The average Bonchev–Trinajstić information content (AvgIpc) is 2.62. The van der Waals surface area contributed by atoms with E-state index in [9.17, 15) is 0 Å². The smallest absolute Gasteiger partial charge is 0.103 e. The van der Waals surface area contributed by atoms with E-state index in [1.807, 2.05) is 11.8 Å². The third-order valence-corrected chi connectivity index (χ3v) is 4.55. The Morgan fingerprint density at radius 1 is 1.33 bits per heavy atom. The normalized spacial score (nSPS) is 10.9. The Kier molecular flexibility index (Phi) is 6.29. The highest BCUT2D eigenvalue weighted by atomic mass is 32.2. The maximum Gasteiger partial charge on any atom is 0.103 e. The molecule has 0 bridgehead atoms. The van der Waals surface area contributed by atoms with E-state index in [1.165, 1.54) is 27.8 Å². The number of thiazole rings is 1. The second kappa shape index (κ2) is 7.25. The van der Waals surface area contributed by atoms with Gasteiger partial charge < -0.3 is 5.73 Å². The monoisotopic (exact) mass is 244 g/mol. The number of rotatable bonds is 7. The molecular formula is C11H20N2S2. The van der Waals surface area contributed by atoms with Gasteiger partial charge in [-0.2, -0.15) is 11.8 Å². The van der Waals surface area contributed by atoms with Crippen molar-refractivity contribution in [3.05, 3.63) is 15.6 Å². The van der Waals surface area contributed by atoms with Crippen LogP contribution in [-0.4, -0.2) is 10.7 Å². The topological polar surface area (TPSA) is 38.9 Å². The molecule has 1 aromatic rings. The molecule has 2 N–H and O–H groups in total. The van der Waals surface area contributed by atoms with E-state index in [0.29, 0.717) is 6.54 Å². The highest BCUT2D eigenvalue weighted by Gasteiger charge is 2.08. The summed E-state index contributed by atoms with van der Waals surface area (Å²) in [6.07, 6.45) is 3.46. The van der Waals surface area contributed by atoms with Crippen LogP contribution in [0.25, 0.3) is 0 Å². The molecule has 0 amide bonds. The van der Waals surface area contributed by atoms with Crippen LogP contribution < -0.4 is 5.73 Å². The molecule has 86 valence electrons. The third kappa shape index (κ3) is 4.13. The average molecular weight is 244 g/mol. The zero-order chi connectivity index (χ0) is 11.1. The van der Waals surface area contributed by atoms with Gasteiger partial charge in [-0.05, 0) is 18.6 Å². The Hall–Kier alpha value is -0.0600. The largest absolute Gasteiger partial charge is 0.326 e. The van der Waals surface area contributed by atoms with Crippen molar-refractivity contribution in [2.75, 3.05) is 5.75 Å². The summed E-state index contributed by atoms with van der Waals surface area (Å²) in [7, 11) is 0. The van der Waals surface area contributed by atoms with Crippen molar-refractivity contribution < 1.29 is 0 Å². The molecule has 0 unspecified atom stereocenters. The van der Waals surface area contributed by atoms with Gasteiger partial charge in [-0.3, -0.25) is 0 Å². The summed E-state index contributed by atoms with van der Waals surface area (Å²) in [5.41, 5.74) is 6.95. The zero-order valence-corrected chi connectivity index (χ0v) is 11.2. The molecule has 0 saturated carbocycles. The molecule has 15 heavy (non-hydrogen) atoms. The molecule has 0 aliphatic rings. The van der Waals surface area contributed by atoms with Gasteiger partial charge >= 0.3 is 0 Å². The molecule has 0 aromatic carbocycles. The Labute approximate surface area is 101 Å². The lowest BCUT2D eigenvalue weighted by Crippen LogP contribution is -1.97. The van der Waals surface area contributed by atoms with Crippen LogP contribution >= 0.6 is 23.1 Å². The summed E-state index contributed by atoms with van der Waals surface area (Å²) < 4.78 is 0. The molecule has 0 radical (unpaired) electrons. The number of nitrogens with zero attached hydrogens (tertiary/aromatic N) is 1. The molecule has 0 saturated heterocycles. The van der Waals surface area contributed by atoms with E-state index in [1.54, 1.807) is 11.3 Å². The minimum atomic E-state index is 0.644. The molecule has 1 aromatic heterocycles. The molecule has 0 aliphatic heterocycles. The molecule has 4 heteroatoms. The number of nitrogens with two attached hydrogens (primary N) is 1. The third-order valence-electron chi connectivity index (χ3n) is 2.07. The molecule has 0 fully saturated rings. The van der Waals surface area contributed by atoms with Crippen LogP contribution in [0.2, 0.25) is 0 Å². The zero-order valence-electron chi connectivity index (χ0n) is 9.58. The van der Waals surface area contributed by atoms with Crippen LogP contribution in [0.3, 0.4) is 0 Å². The van der Waals surface area contributed by atoms with Crippen molar-refractivity contribution in [2.24, 2.45) is 5.73 Å². The predicted molar refractivity (Wildman–Crippen MR) is 70.5 cm³/mol. The number of aromatic nitrogens is 1. The second-order valence-electron chi connectivity index (χ2n) is 3.48. The lowest BCUT2D eigenvalue weighted by molar-refractivity contribution is 0.866. The van der Waals surface area contributed by atoms with Crippen molar-refractivity contribution in [3.8, 4) is 0 Å². The summed E-state index contributed by atoms with van der Waals surface area (Å²) in [5.74, 6) is 2.27. The maximum absolute atomic E-state index is 5.71. The highest BCUT2D eigenvalue weighted by Crippen LogP contribution is 2.23. The molecule has 2 nitrogen and oxygen atoms in total. The molecule has 0 spiro atoms. The fourth-order valence-electron chi connectivity index (χ4n) is 1.39. The molecule has 1 heterocycles. The first kappa shape index (κ1) is 13.0. The maximum atomic E-state index is 5.71. The van der Waals surface area contributed by atoms with Gasteiger partial charge in [0.25, 0.3) is 0 Å². The molecular weight excluding hydrogens is 224 g/mol. The first-order valence-corrected chi connectivity index (χ1v) is 7.54. The van der Waals surface area contributed by atoms with Gasteiger partial charge in [0.15, 0.2) is 0 Å². The minimum absolute atomic E-state index is 0.644. The van der Waals surface area contributed by atoms with E-state index in [0.717, 1.165) is 18.6 Å².